The van der Waals surface area contributed by atoms with Crippen LogP contribution in [-0.2, 0) is 6.42 Å². The average molecular weight is 410 g/mol. The van der Waals surface area contributed by atoms with Crippen LogP contribution >= 0.6 is 31.9 Å². The predicted octanol–water partition coefficient (Wildman–Crippen LogP) is 3.83. The zero-order valence-corrected chi connectivity index (χ0v) is 13.9. The summed E-state index contributed by atoms with van der Waals surface area (Å²) in [6.07, 6.45) is 4.07. The summed E-state index contributed by atoms with van der Waals surface area (Å²) in [6, 6.07) is 7.56. The maximum atomic E-state index is 6.04. The summed E-state index contributed by atoms with van der Waals surface area (Å²) in [7, 11) is 0. The van der Waals surface area contributed by atoms with Gasteiger partial charge >= 0.3 is 0 Å². The quantitative estimate of drug-likeness (QED) is 0.665. The van der Waals surface area contributed by atoms with Crippen molar-refractivity contribution in [2.24, 2.45) is 0 Å². The molecule has 0 atom stereocenters. The molecule has 3 rings (SSSR count). The molecule has 2 N–H and O–H groups in total. The van der Waals surface area contributed by atoms with Crippen LogP contribution in [0.2, 0.25) is 0 Å². The number of anilines is 1. The third-order valence-electron chi connectivity index (χ3n) is 2.88. The largest absolute Gasteiger partial charge is 0.397 e. The molecule has 106 valence electrons. The molecule has 0 radical (unpaired) electrons. The lowest BCUT2D eigenvalue weighted by Crippen LogP contribution is -1.93. The second kappa shape index (κ2) is 5.95. The van der Waals surface area contributed by atoms with Crippen molar-refractivity contribution in [2.75, 3.05) is 5.73 Å². The van der Waals surface area contributed by atoms with Gasteiger partial charge in [0.25, 0.3) is 5.89 Å². The highest BCUT2D eigenvalue weighted by molar-refractivity contribution is 9.11. The van der Waals surface area contributed by atoms with E-state index in [1.807, 2.05) is 24.3 Å². The highest BCUT2D eigenvalue weighted by Crippen LogP contribution is 2.34. The molecule has 7 heteroatoms. The molecule has 0 fully saturated rings. The van der Waals surface area contributed by atoms with Crippen molar-refractivity contribution >= 4 is 37.5 Å². The minimum absolute atomic E-state index is 0.397. The number of pyridine rings is 1. The summed E-state index contributed by atoms with van der Waals surface area (Å²) >= 11 is 6.82. The molecule has 1 aromatic carbocycles. The topological polar surface area (TPSA) is 77.8 Å². The van der Waals surface area contributed by atoms with Gasteiger partial charge in [-0.25, -0.2) is 0 Å². The monoisotopic (exact) mass is 408 g/mol. The van der Waals surface area contributed by atoms with Crippen molar-refractivity contribution in [3.8, 4) is 11.5 Å². The number of hydrogen-bond acceptors (Lipinski definition) is 5. The van der Waals surface area contributed by atoms with Crippen LogP contribution in [0.5, 0.6) is 0 Å². The SMILES string of the molecule is Nc1c(Br)cc(Br)cc1-c1nc(Cc2cccnc2)no1. The van der Waals surface area contributed by atoms with E-state index in [9.17, 15) is 0 Å². The van der Waals surface area contributed by atoms with Crippen molar-refractivity contribution in [1.82, 2.24) is 15.1 Å². The van der Waals surface area contributed by atoms with Gasteiger partial charge in [-0.1, -0.05) is 27.2 Å². The van der Waals surface area contributed by atoms with Crippen molar-refractivity contribution in [2.45, 2.75) is 6.42 Å². The van der Waals surface area contributed by atoms with Gasteiger partial charge in [-0.2, -0.15) is 4.98 Å². The third kappa shape index (κ3) is 3.14. The molecule has 3 aromatic rings. The van der Waals surface area contributed by atoms with E-state index >= 15 is 0 Å². The fraction of sp³-hybridized carbons (Fsp3) is 0.0714. The summed E-state index contributed by atoms with van der Waals surface area (Å²) < 4.78 is 6.97. The Balaban J connectivity index is 1.92. The van der Waals surface area contributed by atoms with Crippen molar-refractivity contribution < 1.29 is 4.52 Å². The Morgan fingerprint density at radius 1 is 1.24 bits per heavy atom. The Bertz CT molecular complexity index is 774. The molecule has 0 aliphatic carbocycles. The molecular formula is C14H10Br2N4O. The Hall–Kier alpha value is -1.73. The Labute approximate surface area is 137 Å². The fourth-order valence-electron chi connectivity index (χ4n) is 1.88. The van der Waals surface area contributed by atoms with Crippen LogP contribution < -0.4 is 5.73 Å². The van der Waals surface area contributed by atoms with E-state index in [1.165, 1.54) is 0 Å². The first-order chi connectivity index (χ1) is 10.1. The van der Waals surface area contributed by atoms with Crippen LogP contribution in [0.4, 0.5) is 5.69 Å². The van der Waals surface area contributed by atoms with Gasteiger partial charge < -0.3 is 10.3 Å². The molecule has 0 unspecified atom stereocenters. The van der Waals surface area contributed by atoms with Crippen LogP contribution in [0.15, 0.2) is 50.1 Å². The molecule has 0 saturated heterocycles. The first-order valence-corrected chi connectivity index (χ1v) is 7.68. The van der Waals surface area contributed by atoms with E-state index in [4.69, 9.17) is 10.3 Å². The molecule has 0 saturated carbocycles. The van der Waals surface area contributed by atoms with Crippen molar-refractivity contribution in [3.63, 3.8) is 0 Å². The first kappa shape index (κ1) is 14.2. The van der Waals surface area contributed by atoms with Gasteiger partial charge in [-0.3, -0.25) is 4.98 Å². The Morgan fingerprint density at radius 3 is 2.86 bits per heavy atom. The molecule has 0 amide bonds. The molecule has 0 spiro atoms. The summed E-state index contributed by atoms with van der Waals surface area (Å²) in [4.78, 5) is 8.46. The number of nitrogen functional groups attached to an aromatic ring is 1. The van der Waals surface area contributed by atoms with E-state index in [0.29, 0.717) is 29.4 Å². The molecule has 2 aromatic heterocycles. The third-order valence-corrected chi connectivity index (χ3v) is 3.99. The van der Waals surface area contributed by atoms with Gasteiger partial charge in [0.05, 0.1) is 11.3 Å². The summed E-state index contributed by atoms with van der Waals surface area (Å²) in [6.45, 7) is 0. The highest BCUT2D eigenvalue weighted by Gasteiger charge is 2.15. The van der Waals surface area contributed by atoms with Crippen molar-refractivity contribution in [1.29, 1.82) is 0 Å². The maximum absolute atomic E-state index is 6.04. The summed E-state index contributed by atoms with van der Waals surface area (Å²) in [5.41, 5.74) is 8.32. The van der Waals surface area contributed by atoms with Gasteiger partial charge in [0, 0.05) is 27.8 Å². The Kier molecular flexibility index (Phi) is 4.03. The fourth-order valence-corrected chi connectivity index (χ4v) is 3.11. The molecule has 0 aliphatic rings. The van der Waals surface area contributed by atoms with Gasteiger partial charge in [-0.15, -0.1) is 0 Å². The lowest BCUT2D eigenvalue weighted by atomic mass is 10.2. The number of hydrogen-bond donors (Lipinski definition) is 1. The lowest BCUT2D eigenvalue weighted by molar-refractivity contribution is 0.424. The lowest BCUT2D eigenvalue weighted by Gasteiger charge is -2.04. The zero-order chi connectivity index (χ0) is 14.8. The minimum atomic E-state index is 0.397. The first-order valence-electron chi connectivity index (χ1n) is 6.10. The number of nitrogens with zero attached hydrogens (tertiary/aromatic N) is 3. The van der Waals surface area contributed by atoms with E-state index in [0.717, 1.165) is 14.5 Å². The molecule has 0 aliphatic heterocycles. The van der Waals surface area contributed by atoms with E-state index < -0.39 is 0 Å². The summed E-state index contributed by atoms with van der Waals surface area (Å²) in [5, 5.41) is 3.99. The molecule has 5 nitrogen and oxygen atoms in total. The molecule has 2 heterocycles. The Morgan fingerprint density at radius 2 is 2.10 bits per heavy atom. The van der Waals surface area contributed by atoms with Gasteiger partial charge in [0.2, 0.25) is 0 Å². The zero-order valence-electron chi connectivity index (χ0n) is 10.8. The predicted molar refractivity (Wildman–Crippen MR) is 86.6 cm³/mol. The van der Waals surface area contributed by atoms with Gasteiger partial charge in [0.15, 0.2) is 5.82 Å². The van der Waals surface area contributed by atoms with Crippen LogP contribution in [0.25, 0.3) is 11.5 Å². The van der Waals surface area contributed by atoms with Crippen molar-refractivity contribution in [3.05, 3.63) is 57.0 Å². The second-order valence-electron chi connectivity index (χ2n) is 4.40. The maximum Gasteiger partial charge on any atom is 0.260 e. The minimum Gasteiger partial charge on any atom is -0.397 e. The second-order valence-corrected chi connectivity index (χ2v) is 6.17. The standard InChI is InChI=1S/C14H10Br2N4O/c15-9-5-10(13(17)11(16)6-9)14-19-12(20-21-14)4-8-2-1-3-18-7-8/h1-3,5-7H,4,17H2. The van der Waals surface area contributed by atoms with Crippen LogP contribution in [0.3, 0.4) is 0 Å². The van der Waals surface area contributed by atoms with Gasteiger partial charge in [0.1, 0.15) is 0 Å². The number of halogens is 2. The smallest absolute Gasteiger partial charge is 0.260 e. The molecular weight excluding hydrogens is 400 g/mol. The average Bonchev–Trinajstić information content (AvgIpc) is 2.92. The number of aromatic nitrogens is 3. The van der Waals surface area contributed by atoms with Crippen LogP contribution in [0, 0.1) is 0 Å². The normalized spacial score (nSPS) is 10.8. The van der Waals surface area contributed by atoms with E-state index in [-0.39, 0.29) is 0 Å². The van der Waals surface area contributed by atoms with E-state index in [2.05, 4.69) is 47.0 Å². The van der Waals surface area contributed by atoms with Crippen LogP contribution in [0.1, 0.15) is 11.4 Å². The number of nitrogens with two attached hydrogens (primary N) is 1. The number of benzene rings is 1. The molecule has 0 bridgehead atoms. The summed E-state index contributed by atoms with van der Waals surface area (Å²) in [5.74, 6) is 0.988. The highest BCUT2D eigenvalue weighted by atomic mass is 79.9. The van der Waals surface area contributed by atoms with Gasteiger partial charge in [-0.05, 0) is 39.7 Å². The number of rotatable bonds is 3. The van der Waals surface area contributed by atoms with Crippen LogP contribution in [-0.4, -0.2) is 15.1 Å². The molecule has 21 heavy (non-hydrogen) atoms. The van der Waals surface area contributed by atoms with E-state index in [1.54, 1.807) is 12.4 Å².